The second kappa shape index (κ2) is 9.12. The van der Waals surface area contributed by atoms with E-state index in [1.165, 1.54) is 4.68 Å². The Labute approximate surface area is 192 Å². The van der Waals surface area contributed by atoms with Crippen LogP contribution in [0, 0.1) is 11.3 Å². The van der Waals surface area contributed by atoms with Crippen molar-refractivity contribution in [2.75, 3.05) is 6.61 Å². The van der Waals surface area contributed by atoms with Crippen molar-refractivity contribution in [3.8, 4) is 11.6 Å². The van der Waals surface area contributed by atoms with Crippen LogP contribution >= 0.6 is 11.9 Å². The number of aromatic hydroxyl groups is 1. The zero-order chi connectivity index (χ0) is 23.6. The van der Waals surface area contributed by atoms with Crippen LogP contribution in [0.5, 0.6) is 11.6 Å². The second-order valence-corrected chi connectivity index (χ2v) is 9.02. The molecule has 7 nitrogen and oxygen atoms in total. The third kappa shape index (κ3) is 5.35. The van der Waals surface area contributed by atoms with E-state index >= 15 is 0 Å². The molecule has 2 heterocycles. The van der Waals surface area contributed by atoms with Crippen LogP contribution in [0.1, 0.15) is 32.6 Å². The fourth-order valence-electron chi connectivity index (χ4n) is 3.52. The Morgan fingerprint density at radius 1 is 1.30 bits per heavy atom. The number of nitrogens with one attached hydrogen (secondary N) is 1. The summed E-state index contributed by atoms with van der Waals surface area (Å²) >= 11 is 1.16. The van der Waals surface area contributed by atoms with Gasteiger partial charge in [0.2, 0.25) is 11.8 Å². The van der Waals surface area contributed by atoms with Gasteiger partial charge < -0.3 is 9.84 Å². The number of hydrogen-bond donors (Lipinski definition) is 2. The van der Waals surface area contributed by atoms with Crippen molar-refractivity contribution in [3.05, 3.63) is 42.6 Å². The number of alkyl halides is 3. The van der Waals surface area contributed by atoms with Crippen LogP contribution in [0.25, 0.3) is 5.82 Å². The number of carbonyl (C=O) groups excluding carboxylic acids is 1. The third-order valence-corrected chi connectivity index (χ3v) is 6.65. The number of nitrogens with zero attached hydrogens (tertiary/aromatic N) is 3. The molecule has 1 aliphatic heterocycles. The van der Waals surface area contributed by atoms with Crippen molar-refractivity contribution in [1.29, 1.82) is 0 Å². The van der Waals surface area contributed by atoms with Gasteiger partial charge in [-0.15, -0.1) is 5.10 Å². The van der Waals surface area contributed by atoms with Crippen molar-refractivity contribution in [2.24, 2.45) is 16.3 Å². The van der Waals surface area contributed by atoms with E-state index in [9.17, 15) is 23.1 Å². The highest BCUT2D eigenvalue weighted by atomic mass is 32.2. The molecule has 33 heavy (non-hydrogen) atoms. The van der Waals surface area contributed by atoms with Gasteiger partial charge >= 0.3 is 6.18 Å². The number of rotatable bonds is 8. The van der Waals surface area contributed by atoms with E-state index in [-0.39, 0.29) is 43.4 Å². The van der Waals surface area contributed by atoms with Gasteiger partial charge in [-0.2, -0.15) is 13.2 Å². The summed E-state index contributed by atoms with van der Waals surface area (Å²) < 4.78 is 48.7. The smallest absolute Gasteiger partial charge is 0.394 e. The van der Waals surface area contributed by atoms with Gasteiger partial charge in [0.25, 0.3) is 0 Å². The lowest BCUT2D eigenvalue weighted by atomic mass is 9.97. The number of phenols is 1. The fraction of sp³-hybridized carbons (Fsp3) is 0.409. The van der Waals surface area contributed by atoms with Gasteiger partial charge in [-0.25, -0.2) is 9.67 Å². The number of aromatic nitrogens is 2. The molecule has 0 bridgehead atoms. The maximum absolute atomic E-state index is 13.0. The van der Waals surface area contributed by atoms with E-state index in [4.69, 9.17) is 4.74 Å². The SMILES string of the molecule is CC1=NC(n2ccc(OCCC3(C(F)(F)F)CC3)n2)=CCC1C(=O)NSc1ccc(O)cc1. The van der Waals surface area contributed by atoms with E-state index in [0.717, 1.165) is 16.8 Å². The Hall–Kier alpha value is -2.95. The number of carbonyl (C=O) groups is 1. The number of benzene rings is 1. The summed E-state index contributed by atoms with van der Waals surface area (Å²) in [5.41, 5.74) is -0.978. The molecule has 0 saturated heterocycles. The summed E-state index contributed by atoms with van der Waals surface area (Å²) in [4.78, 5) is 17.8. The molecule has 1 aromatic carbocycles. The van der Waals surface area contributed by atoms with Gasteiger partial charge in [0.05, 0.1) is 17.9 Å². The average molecular weight is 481 g/mol. The molecule has 0 radical (unpaired) electrons. The standard InChI is InChI=1S/C22H23F3N4O3S/c1-14-17(20(31)28-33-16-4-2-15(30)3-5-16)6-7-18(26-14)29-12-8-19(27-29)32-13-11-21(9-10-21)22(23,24)25/h2-5,7-8,12,17,30H,6,9-11,13H2,1H3,(H,28,31). The van der Waals surface area contributed by atoms with Gasteiger partial charge in [0, 0.05) is 22.9 Å². The molecule has 1 unspecified atom stereocenters. The highest BCUT2D eigenvalue weighted by Gasteiger charge is 2.62. The molecule has 0 spiro atoms. The van der Waals surface area contributed by atoms with Gasteiger partial charge in [-0.1, -0.05) is 0 Å². The lowest BCUT2D eigenvalue weighted by molar-refractivity contribution is -0.190. The molecular weight excluding hydrogens is 457 g/mol. The van der Waals surface area contributed by atoms with Gasteiger partial charge in [-0.3, -0.25) is 9.52 Å². The highest BCUT2D eigenvalue weighted by molar-refractivity contribution is 7.98. The fourth-order valence-corrected chi connectivity index (χ4v) is 4.16. The first-order valence-corrected chi connectivity index (χ1v) is 11.3. The molecule has 2 aliphatic rings. The number of hydrogen-bond acceptors (Lipinski definition) is 6. The van der Waals surface area contributed by atoms with E-state index in [1.807, 2.05) is 0 Å². The van der Waals surface area contributed by atoms with E-state index in [1.54, 1.807) is 49.5 Å². The summed E-state index contributed by atoms with van der Waals surface area (Å²) in [6, 6.07) is 8.06. The molecular formula is C22H23F3N4O3S. The van der Waals surface area contributed by atoms with Crippen molar-refractivity contribution < 1.29 is 27.8 Å². The minimum atomic E-state index is -4.19. The van der Waals surface area contributed by atoms with E-state index < -0.39 is 17.5 Å². The first-order chi connectivity index (χ1) is 15.7. The minimum Gasteiger partial charge on any atom is -0.508 e. The number of phenolic OH excluding ortho intramolecular Hbond substituents is 1. The van der Waals surface area contributed by atoms with Crippen LogP contribution in [-0.4, -0.2) is 39.3 Å². The first-order valence-electron chi connectivity index (χ1n) is 10.4. The van der Waals surface area contributed by atoms with Crippen LogP contribution in [0.4, 0.5) is 13.2 Å². The summed E-state index contributed by atoms with van der Waals surface area (Å²) in [5, 5.41) is 13.6. The van der Waals surface area contributed by atoms with Crippen LogP contribution < -0.4 is 9.46 Å². The van der Waals surface area contributed by atoms with Crippen LogP contribution in [-0.2, 0) is 4.79 Å². The Balaban J connectivity index is 1.29. The molecule has 1 fully saturated rings. The second-order valence-electron chi connectivity index (χ2n) is 8.14. The quantitative estimate of drug-likeness (QED) is 0.530. The number of aliphatic imine (C=N–C) groups is 1. The third-order valence-electron chi connectivity index (χ3n) is 5.84. The molecule has 176 valence electrons. The normalized spacial score (nSPS) is 19.5. The lowest BCUT2D eigenvalue weighted by Crippen LogP contribution is -2.32. The molecule has 1 saturated carbocycles. The minimum absolute atomic E-state index is 0.0567. The monoisotopic (exact) mass is 480 g/mol. The summed E-state index contributed by atoms with van der Waals surface area (Å²) in [6.45, 7) is 1.70. The molecule has 4 rings (SSSR count). The highest BCUT2D eigenvalue weighted by Crippen LogP contribution is 2.59. The largest absolute Gasteiger partial charge is 0.508 e. The Morgan fingerprint density at radius 3 is 2.67 bits per heavy atom. The van der Waals surface area contributed by atoms with Crippen LogP contribution in [0.3, 0.4) is 0 Å². The Kier molecular flexibility index (Phi) is 6.42. The van der Waals surface area contributed by atoms with Gasteiger partial charge in [-0.05, 0) is 74.9 Å². The number of ether oxygens (including phenoxy) is 1. The van der Waals surface area contributed by atoms with E-state index in [2.05, 4.69) is 14.8 Å². The molecule has 1 atom stereocenters. The summed E-state index contributed by atoms with van der Waals surface area (Å²) in [7, 11) is 0. The van der Waals surface area contributed by atoms with E-state index in [0.29, 0.717) is 18.0 Å². The van der Waals surface area contributed by atoms with Crippen molar-refractivity contribution >= 4 is 29.4 Å². The van der Waals surface area contributed by atoms with Crippen molar-refractivity contribution in [1.82, 2.24) is 14.5 Å². The maximum atomic E-state index is 13.0. The lowest BCUT2D eigenvalue weighted by Gasteiger charge is -2.19. The Bertz CT molecular complexity index is 1080. The summed E-state index contributed by atoms with van der Waals surface area (Å²) in [6.07, 6.45) is -0.147. The first kappa shape index (κ1) is 23.2. The number of allylic oxidation sites excluding steroid dienone is 1. The molecule has 11 heteroatoms. The van der Waals surface area contributed by atoms with Gasteiger partial charge in [0.1, 0.15) is 11.6 Å². The maximum Gasteiger partial charge on any atom is 0.394 e. The molecule has 1 aromatic heterocycles. The predicted octanol–water partition coefficient (Wildman–Crippen LogP) is 4.80. The summed E-state index contributed by atoms with van der Waals surface area (Å²) in [5.74, 6) is 0.284. The topological polar surface area (TPSA) is 88.7 Å². The molecule has 1 aliphatic carbocycles. The van der Waals surface area contributed by atoms with Gasteiger partial charge in [0.15, 0.2) is 0 Å². The molecule has 2 aromatic rings. The van der Waals surface area contributed by atoms with Crippen molar-refractivity contribution in [2.45, 2.75) is 43.7 Å². The van der Waals surface area contributed by atoms with Crippen molar-refractivity contribution in [3.63, 3.8) is 0 Å². The predicted molar refractivity (Wildman–Crippen MR) is 118 cm³/mol. The van der Waals surface area contributed by atoms with Crippen LogP contribution in [0.15, 0.2) is 52.5 Å². The average Bonchev–Trinajstić information content (AvgIpc) is 3.43. The zero-order valence-electron chi connectivity index (χ0n) is 17.8. The molecule has 1 amide bonds. The number of amides is 1. The number of halogens is 3. The molecule has 2 N–H and O–H groups in total. The zero-order valence-corrected chi connectivity index (χ0v) is 18.6. The Morgan fingerprint density at radius 2 is 2.03 bits per heavy atom. The van der Waals surface area contributed by atoms with Crippen LogP contribution in [0.2, 0.25) is 0 Å².